The van der Waals surface area contributed by atoms with E-state index in [0.29, 0.717) is 18.8 Å². The minimum Gasteiger partial charge on any atom is -0.333 e. The van der Waals surface area contributed by atoms with Crippen LogP contribution in [0.3, 0.4) is 0 Å². The zero-order valence-corrected chi connectivity index (χ0v) is 10.5. The highest BCUT2D eigenvalue weighted by Crippen LogP contribution is 2.23. The molecule has 0 fully saturated rings. The number of nitrogens with one attached hydrogen (secondary N) is 1. The minimum atomic E-state index is 0.138. The Bertz CT molecular complexity index is 530. The lowest BCUT2D eigenvalue weighted by Gasteiger charge is -2.14. The standard InChI is InChI=1S/C12H12N4OS/c17-12(8-18-11-5-13-15-14-11)16-6-9-3-1-2-4-10(9)7-16/h1-5H,6-8H2,(H,13,14,15). The van der Waals surface area contributed by atoms with E-state index in [9.17, 15) is 4.79 Å². The van der Waals surface area contributed by atoms with Crippen LogP contribution in [0.4, 0.5) is 0 Å². The molecule has 0 spiro atoms. The van der Waals surface area contributed by atoms with Crippen molar-refractivity contribution in [3.63, 3.8) is 0 Å². The van der Waals surface area contributed by atoms with Crippen LogP contribution in [-0.2, 0) is 17.9 Å². The fourth-order valence-corrected chi connectivity index (χ4v) is 2.68. The first kappa shape index (κ1) is 11.3. The number of H-pyrrole nitrogens is 1. The van der Waals surface area contributed by atoms with Gasteiger partial charge < -0.3 is 4.90 Å². The van der Waals surface area contributed by atoms with Crippen molar-refractivity contribution in [2.45, 2.75) is 18.1 Å². The van der Waals surface area contributed by atoms with Crippen LogP contribution in [0.5, 0.6) is 0 Å². The van der Waals surface area contributed by atoms with E-state index in [0.717, 1.165) is 5.03 Å². The molecule has 1 amide bonds. The number of carbonyl (C=O) groups excluding carboxylic acids is 1. The van der Waals surface area contributed by atoms with E-state index >= 15 is 0 Å². The Morgan fingerprint density at radius 3 is 2.67 bits per heavy atom. The number of aromatic amines is 1. The lowest BCUT2D eigenvalue weighted by molar-refractivity contribution is -0.128. The smallest absolute Gasteiger partial charge is 0.233 e. The Morgan fingerprint density at radius 1 is 1.33 bits per heavy atom. The second kappa shape index (κ2) is 4.81. The van der Waals surface area contributed by atoms with Gasteiger partial charge in [-0.1, -0.05) is 36.0 Å². The van der Waals surface area contributed by atoms with Crippen LogP contribution in [0.2, 0.25) is 0 Å². The van der Waals surface area contributed by atoms with E-state index < -0.39 is 0 Å². The number of rotatable bonds is 3. The van der Waals surface area contributed by atoms with Crippen molar-refractivity contribution >= 4 is 17.7 Å². The van der Waals surface area contributed by atoms with Gasteiger partial charge in [0.1, 0.15) is 5.03 Å². The lowest BCUT2D eigenvalue weighted by atomic mass is 10.1. The third kappa shape index (κ3) is 2.24. The van der Waals surface area contributed by atoms with Gasteiger partial charge in [0, 0.05) is 13.1 Å². The predicted molar refractivity (Wildman–Crippen MR) is 67.8 cm³/mol. The maximum absolute atomic E-state index is 12.1. The molecular formula is C12H12N4OS. The van der Waals surface area contributed by atoms with Gasteiger partial charge in [-0.15, -0.1) is 5.10 Å². The second-order valence-electron chi connectivity index (χ2n) is 4.12. The summed E-state index contributed by atoms with van der Waals surface area (Å²) >= 11 is 1.40. The van der Waals surface area contributed by atoms with E-state index in [1.807, 2.05) is 17.0 Å². The van der Waals surface area contributed by atoms with Gasteiger partial charge in [0.15, 0.2) is 0 Å². The highest BCUT2D eigenvalue weighted by Gasteiger charge is 2.22. The fraction of sp³-hybridized carbons (Fsp3) is 0.250. The number of benzene rings is 1. The van der Waals surface area contributed by atoms with Crippen LogP contribution in [0, 0.1) is 0 Å². The molecule has 2 aromatic rings. The summed E-state index contributed by atoms with van der Waals surface area (Å²) in [6, 6.07) is 8.18. The van der Waals surface area contributed by atoms with Crippen LogP contribution in [0.15, 0.2) is 35.5 Å². The first-order valence-corrected chi connectivity index (χ1v) is 6.64. The zero-order chi connectivity index (χ0) is 12.4. The molecule has 0 aliphatic carbocycles. The fourth-order valence-electron chi connectivity index (χ4n) is 2.00. The second-order valence-corrected chi connectivity index (χ2v) is 5.11. The van der Waals surface area contributed by atoms with Gasteiger partial charge in [0.05, 0.1) is 11.9 Å². The average molecular weight is 260 g/mol. The van der Waals surface area contributed by atoms with Crippen molar-refractivity contribution in [1.82, 2.24) is 20.3 Å². The predicted octanol–water partition coefficient (Wildman–Crippen LogP) is 1.44. The number of carbonyl (C=O) groups is 1. The van der Waals surface area contributed by atoms with Gasteiger partial charge in [0.2, 0.25) is 5.91 Å². The number of aromatic nitrogens is 3. The summed E-state index contributed by atoms with van der Waals surface area (Å²) in [6.07, 6.45) is 1.62. The molecule has 0 radical (unpaired) electrons. The number of nitrogens with zero attached hydrogens (tertiary/aromatic N) is 3. The Kier molecular flexibility index (Phi) is 3.02. The quantitative estimate of drug-likeness (QED) is 0.848. The van der Waals surface area contributed by atoms with E-state index in [2.05, 4.69) is 27.5 Å². The highest BCUT2D eigenvalue weighted by atomic mass is 32.2. The van der Waals surface area contributed by atoms with Crippen molar-refractivity contribution < 1.29 is 4.79 Å². The van der Waals surface area contributed by atoms with E-state index in [-0.39, 0.29) is 5.91 Å². The summed E-state index contributed by atoms with van der Waals surface area (Å²) < 4.78 is 0. The van der Waals surface area contributed by atoms with Crippen molar-refractivity contribution in [3.05, 3.63) is 41.6 Å². The molecule has 1 aliphatic heterocycles. The molecule has 92 valence electrons. The number of fused-ring (bicyclic) bond motifs is 1. The molecule has 6 heteroatoms. The van der Waals surface area contributed by atoms with E-state index in [1.165, 1.54) is 22.9 Å². The lowest BCUT2D eigenvalue weighted by Crippen LogP contribution is -2.26. The Balaban J connectivity index is 1.59. The molecule has 0 bridgehead atoms. The van der Waals surface area contributed by atoms with Crippen LogP contribution in [-0.4, -0.2) is 32.0 Å². The Labute approximate surface area is 109 Å². The summed E-state index contributed by atoms with van der Waals surface area (Å²) in [5, 5.41) is 10.9. The molecule has 3 rings (SSSR count). The molecule has 0 unspecified atom stereocenters. The molecule has 1 N–H and O–H groups in total. The number of thioether (sulfide) groups is 1. The maximum atomic E-state index is 12.1. The molecule has 0 saturated heterocycles. The largest absolute Gasteiger partial charge is 0.333 e. The zero-order valence-electron chi connectivity index (χ0n) is 9.67. The van der Waals surface area contributed by atoms with Crippen molar-refractivity contribution in [2.24, 2.45) is 0 Å². The van der Waals surface area contributed by atoms with Crippen LogP contribution < -0.4 is 0 Å². The Hall–Kier alpha value is -1.82. The van der Waals surface area contributed by atoms with Gasteiger partial charge in [-0.3, -0.25) is 4.79 Å². The first-order valence-electron chi connectivity index (χ1n) is 5.66. The Morgan fingerprint density at radius 2 is 2.06 bits per heavy atom. The van der Waals surface area contributed by atoms with Crippen molar-refractivity contribution in [1.29, 1.82) is 0 Å². The molecule has 5 nitrogen and oxygen atoms in total. The topological polar surface area (TPSA) is 61.9 Å². The van der Waals surface area contributed by atoms with Gasteiger partial charge in [-0.05, 0) is 11.1 Å². The van der Waals surface area contributed by atoms with E-state index in [1.54, 1.807) is 6.20 Å². The summed E-state index contributed by atoms with van der Waals surface area (Å²) in [5.41, 5.74) is 2.49. The van der Waals surface area contributed by atoms with Crippen LogP contribution in [0.25, 0.3) is 0 Å². The summed E-state index contributed by atoms with van der Waals surface area (Å²) in [4.78, 5) is 13.9. The highest BCUT2D eigenvalue weighted by molar-refractivity contribution is 7.99. The normalized spacial score (nSPS) is 13.7. The molecule has 1 aromatic carbocycles. The molecule has 0 atom stereocenters. The van der Waals surface area contributed by atoms with Crippen LogP contribution >= 0.6 is 11.8 Å². The number of hydrogen-bond donors (Lipinski definition) is 1. The minimum absolute atomic E-state index is 0.138. The van der Waals surface area contributed by atoms with Gasteiger partial charge in [-0.25, -0.2) is 0 Å². The molecule has 1 aromatic heterocycles. The molecule has 18 heavy (non-hydrogen) atoms. The number of hydrogen-bond acceptors (Lipinski definition) is 4. The first-order chi connectivity index (χ1) is 8.83. The number of amides is 1. The van der Waals surface area contributed by atoms with Gasteiger partial charge >= 0.3 is 0 Å². The summed E-state index contributed by atoms with van der Waals surface area (Å²) in [5.74, 6) is 0.541. The third-order valence-corrected chi connectivity index (χ3v) is 3.81. The van der Waals surface area contributed by atoms with Crippen molar-refractivity contribution in [2.75, 3.05) is 5.75 Å². The third-order valence-electron chi connectivity index (χ3n) is 2.93. The molecule has 2 heterocycles. The van der Waals surface area contributed by atoms with Gasteiger partial charge in [0.25, 0.3) is 0 Å². The molecular weight excluding hydrogens is 248 g/mol. The summed E-state index contributed by atoms with van der Waals surface area (Å²) in [7, 11) is 0. The van der Waals surface area contributed by atoms with Crippen molar-refractivity contribution in [3.8, 4) is 0 Å². The molecule has 1 aliphatic rings. The van der Waals surface area contributed by atoms with E-state index in [4.69, 9.17) is 0 Å². The SMILES string of the molecule is O=C(CSc1cn[nH]n1)N1Cc2ccccc2C1. The summed E-state index contributed by atoms with van der Waals surface area (Å²) in [6.45, 7) is 1.43. The van der Waals surface area contributed by atoms with Crippen LogP contribution in [0.1, 0.15) is 11.1 Å². The monoisotopic (exact) mass is 260 g/mol. The van der Waals surface area contributed by atoms with Gasteiger partial charge in [-0.2, -0.15) is 10.3 Å². The maximum Gasteiger partial charge on any atom is 0.233 e. The molecule has 0 saturated carbocycles. The average Bonchev–Trinajstić information content (AvgIpc) is 3.04.